The fourth-order valence-electron chi connectivity index (χ4n) is 5.12. The van der Waals surface area contributed by atoms with Gasteiger partial charge in [0.05, 0.1) is 18.9 Å². The number of aromatic nitrogens is 2. The van der Waals surface area contributed by atoms with E-state index in [1.165, 1.54) is 18.9 Å². The molecule has 46 heavy (non-hydrogen) atoms. The molecule has 3 amide bonds. The van der Waals surface area contributed by atoms with E-state index in [-0.39, 0.29) is 37.3 Å². The fraction of sp³-hybridized carbons (Fsp3) is 0.424. The Labute approximate surface area is 273 Å². The molecular weight excluding hydrogens is 610 g/mol. The summed E-state index contributed by atoms with van der Waals surface area (Å²) in [7, 11) is 1.29. The highest BCUT2D eigenvalue weighted by molar-refractivity contribution is 7.99. The molecule has 1 aliphatic carbocycles. The van der Waals surface area contributed by atoms with Gasteiger partial charge in [-0.2, -0.15) is 0 Å². The number of fused-ring (bicyclic) bond motifs is 3. The molecule has 0 aliphatic heterocycles. The van der Waals surface area contributed by atoms with Crippen molar-refractivity contribution in [2.75, 3.05) is 32.6 Å². The van der Waals surface area contributed by atoms with E-state index in [9.17, 15) is 19.2 Å². The second-order valence-corrected chi connectivity index (χ2v) is 12.8. The summed E-state index contributed by atoms with van der Waals surface area (Å²) >= 11 is 1.17. The number of ether oxygens (including phenoxy) is 3. The Morgan fingerprint density at radius 1 is 0.935 bits per heavy atom. The molecule has 0 saturated carbocycles. The average molecular weight is 652 g/mol. The Morgan fingerprint density at radius 2 is 1.54 bits per heavy atom. The van der Waals surface area contributed by atoms with Crippen LogP contribution in [0.15, 0.2) is 59.8 Å². The topological polar surface area (TPSA) is 150 Å². The summed E-state index contributed by atoms with van der Waals surface area (Å²) in [6.45, 7) is 9.26. The summed E-state index contributed by atoms with van der Waals surface area (Å²) in [5, 5.41) is 8.65. The predicted molar refractivity (Wildman–Crippen MR) is 174 cm³/mol. The monoisotopic (exact) mass is 651 g/mol. The normalized spacial score (nSPS) is 13.5. The number of hydrogen-bond acceptors (Lipinski definition) is 9. The third-order valence-electron chi connectivity index (χ3n) is 7.23. The molecule has 0 bridgehead atoms. The van der Waals surface area contributed by atoms with Gasteiger partial charge in [0.15, 0.2) is 0 Å². The fourth-order valence-corrected chi connectivity index (χ4v) is 5.85. The molecule has 13 heteroatoms. The lowest BCUT2D eigenvalue weighted by molar-refractivity contribution is -0.144. The van der Waals surface area contributed by atoms with Crippen LogP contribution >= 0.6 is 11.8 Å². The van der Waals surface area contributed by atoms with E-state index in [2.05, 4.69) is 45.2 Å². The third kappa shape index (κ3) is 8.81. The van der Waals surface area contributed by atoms with Gasteiger partial charge in [0, 0.05) is 25.2 Å². The van der Waals surface area contributed by atoms with E-state index in [0.29, 0.717) is 10.9 Å². The van der Waals surface area contributed by atoms with Crippen molar-refractivity contribution in [1.29, 1.82) is 0 Å². The number of hydrogen-bond donors (Lipinski definition) is 3. The number of imidazole rings is 1. The highest BCUT2D eigenvalue weighted by atomic mass is 32.2. The van der Waals surface area contributed by atoms with Crippen molar-refractivity contribution < 1.29 is 33.4 Å². The Bertz CT molecular complexity index is 1520. The minimum absolute atomic E-state index is 0.0365. The van der Waals surface area contributed by atoms with Gasteiger partial charge in [0.2, 0.25) is 5.91 Å². The third-order valence-corrected chi connectivity index (χ3v) is 8.13. The SMILES string of the molecule is COC(=O)[C@H](C)n1cc(SCC(=O)NCCNC(=O)OCC2c3ccccc3-c3ccccc32)nc1[C@H](C)NC(=O)OC(C)(C)C. The van der Waals surface area contributed by atoms with Crippen molar-refractivity contribution in [1.82, 2.24) is 25.5 Å². The molecule has 2 atom stereocenters. The van der Waals surface area contributed by atoms with Crippen molar-refractivity contribution in [2.45, 2.75) is 63.2 Å². The van der Waals surface area contributed by atoms with Crippen molar-refractivity contribution in [3.8, 4) is 11.1 Å². The van der Waals surface area contributed by atoms with Crippen LogP contribution in [0.1, 0.15) is 69.6 Å². The van der Waals surface area contributed by atoms with E-state index in [1.54, 1.807) is 45.4 Å². The van der Waals surface area contributed by atoms with Gasteiger partial charge in [-0.1, -0.05) is 60.3 Å². The van der Waals surface area contributed by atoms with Crippen LogP contribution in [-0.4, -0.2) is 71.8 Å². The van der Waals surface area contributed by atoms with Crippen LogP contribution in [-0.2, 0) is 23.8 Å². The van der Waals surface area contributed by atoms with Crippen molar-refractivity contribution in [2.24, 2.45) is 0 Å². The summed E-state index contributed by atoms with van der Waals surface area (Å²) in [6, 6.07) is 14.9. The van der Waals surface area contributed by atoms with Gasteiger partial charge in [0.1, 0.15) is 29.1 Å². The Balaban J connectivity index is 1.23. The van der Waals surface area contributed by atoms with E-state index in [1.807, 2.05) is 24.3 Å². The Morgan fingerprint density at radius 3 is 2.15 bits per heavy atom. The second kappa shape index (κ2) is 15.2. The number of benzene rings is 2. The minimum atomic E-state index is -0.720. The summed E-state index contributed by atoms with van der Waals surface area (Å²) in [4.78, 5) is 54.1. The molecule has 3 N–H and O–H groups in total. The first-order valence-electron chi connectivity index (χ1n) is 15.0. The van der Waals surface area contributed by atoms with Crippen LogP contribution in [0.2, 0.25) is 0 Å². The summed E-state index contributed by atoms with van der Waals surface area (Å²) in [5.41, 5.74) is 3.89. The first-order chi connectivity index (χ1) is 21.9. The van der Waals surface area contributed by atoms with E-state index >= 15 is 0 Å². The summed E-state index contributed by atoms with van der Waals surface area (Å²) < 4.78 is 17.4. The Hall–Kier alpha value is -4.52. The molecule has 12 nitrogen and oxygen atoms in total. The number of carbonyl (C=O) groups excluding carboxylic acids is 4. The van der Waals surface area contributed by atoms with Crippen LogP contribution in [0.25, 0.3) is 11.1 Å². The first kappa shape index (κ1) is 34.4. The molecule has 1 aliphatic rings. The van der Waals surface area contributed by atoms with Gasteiger partial charge < -0.3 is 34.7 Å². The zero-order chi connectivity index (χ0) is 33.4. The zero-order valence-electron chi connectivity index (χ0n) is 26.9. The molecule has 4 rings (SSSR count). The second-order valence-electron chi connectivity index (χ2n) is 11.8. The quantitative estimate of drug-likeness (QED) is 0.107. The Kier molecular flexibility index (Phi) is 11.3. The molecule has 1 heterocycles. The van der Waals surface area contributed by atoms with Crippen LogP contribution in [0.5, 0.6) is 0 Å². The average Bonchev–Trinajstić information content (AvgIpc) is 3.59. The van der Waals surface area contributed by atoms with E-state index in [0.717, 1.165) is 22.3 Å². The number of rotatable bonds is 12. The highest BCUT2D eigenvalue weighted by Crippen LogP contribution is 2.44. The lowest BCUT2D eigenvalue weighted by Crippen LogP contribution is -2.36. The van der Waals surface area contributed by atoms with Gasteiger partial charge in [0.25, 0.3) is 0 Å². The number of nitrogens with one attached hydrogen (secondary N) is 3. The predicted octanol–water partition coefficient (Wildman–Crippen LogP) is 4.95. The number of esters is 1. The lowest BCUT2D eigenvalue weighted by atomic mass is 9.98. The number of nitrogens with zero attached hydrogens (tertiary/aromatic N) is 2. The number of amides is 3. The van der Waals surface area contributed by atoms with Crippen LogP contribution < -0.4 is 16.0 Å². The standard InChI is InChI=1S/C33H41N5O7S/c1-20(36-32(42)45-33(3,4)5)29-37-28(17-38(29)21(2)30(40)43-6)46-19-27(39)34-15-16-35-31(41)44-18-26-24-13-9-7-11-22(24)23-12-8-10-14-25(23)26/h7-14,17,20-21,26H,15-16,18-19H2,1-6H3,(H,34,39)(H,35,41)(H,36,42)/t20-,21-/m0/s1. The molecule has 3 aromatic rings. The van der Waals surface area contributed by atoms with Gasteiger partial charge in [-0.05, 0) is 56.9 Å². The smallest absolute Gasteiger partial charge is 0.408 e. The van der Waals surface area contributed by atoms with Crippen LogP contribution in [0, 0.1) is 0 Å². The van der Waals surface area contributed by atoms with Crippen LogP contribution in [0.3, 0.4) is 0 Å². The molecule has 0 radical (unpaired) electrons. The van der Waals surface area contributed by atoms with Gasteiger partial charge in [-0.15, -0.1) is 0 Å². The minimum Gasteiger partial charge on any atom is -0.467 e. The maximum Gasteiger partial charge on any atom is 0.408 e. The zero-order valence-corrected chi connectivity index (χ0v) is 27.7. The van der Waals surface area contributed by atoms with Crippen molar-refractivity contribution in [3.05, 3.63) is 71.7 Å². The largest absolute Gasteiger partial charge is 0.467 e. The summed E-state index contributed by atoms with van der Waals surface area (Å²) in [6.07, 6.45) is 0.457. The number of thioether (sulfide) groups is 1. The molecule has 2 aromatic carbocycles. The maximum atomic E-state index is 12.5. The van der Waals surface area contributed by atoms with Gasteiger partial charge in [-0.3, -0.25) is 4.79 Å². The van der Waals surface area contributed by atoms with Gasteiger partial charge >= 0.3 is 18.2 Å². The lowest BCUT2D eigenvalue weighted by Gasteiger charge is -2.23. The number of carbonyl (C=O) groups is 4. The molecular formula is C33H41N5O7S. The molecule has 0 saturated heterocycles. The van der Waals surface area contributed by atoms with E-state index < -0.39 is 35.8 Å². The van der Waals surface area contributed by atoms with Gasteiger partial charge in [-0.25, -0.2) is 19.4 Å². The molecule has 246 valence electrons. The number of methoxy groups -OCH3 is 1. The highest BCUT2D eigenvalue weighted by Gasteiger charge is 2.29. The molecule has 0 unspecified atom stereocenters. The first-order valence-corrected chi connectivity index (χ1v) is 16.0. The number of alkyl carbamates (subject to hydrolysis) is 2. The molecule has 0 spiro atoms. The molecule has 0 fully saturated rings. The van der Waals surface area contributed by atoms with Crippen LogP contribution in [0.4, 0.5) is 9.59 Å². The molecule has 1 aromatic heterocycles. The van der Waals surface area contributed by atoms with Crippen molar-refractivity contribution in [3.63, 3.8) is 0 Å². The van der Waals surface area contributed by atoms with E-state index in [4.69, 9.17) is 14.2 Å². The summed E-state index contributed by atoms with van der Waals surface area (Å²) in [5.74, 6) is -0.343. The maximum absolute atomic E-state index is 12.5. The van der Waals surface area contributed by atoms with Crippen molar-refractivity contribution >= 4 is 35.8 Å².